The van der Waals surface area contributed by atoms with Gasteiger partial charge in [0.1, 0.15) is 11.4 Å². The third-order valence-electron chi connectivity index (χ3n) is 2.01. The van der Waals surface area contributed by atoms with E-state index in [-0.39, 0.29) is 5.69 Å². The van der Waals surface area contributed by atoms with E-state index in [4.69, 9.17) is 5.73 Å². The molecule has 0 atom stereocenters. The fourth-order valence-corrected chi connectivity index (χ4v) is 1.51. The van der Waals surface area contributed by atoms with Crippen LogP contribution in [0.5, 0.6) is 0 Å². The van der Waals surface area contributed by atoms with E-state index in [1.54, 1.807) is 20.8 Å². The first-order chi connectivity index (χ1) is 7.22. The van der Waals surface area contributed by atoms with Crippen molar-refractivity contribution >= 4 is 21.6 Å². The van der Waals surface area contributed by atoms with Crippen LogP contribution >= 0.6 is 15.9 Å². The van der Waals surface area contributed by atoms with Crippen molar-refractivity contribution in [1.82, 2.24) is 0 Å². The molecular formula is C12H13BrFNO. The SMILES string of the molecule is Cc1c(Br)cc(F)c(N)c1C#CC(C)(C)O. The van der Waals surface area contributed by atoms with Gasteiger partial charge >= 0.3 is 0 Å². The number of benzene rings is 1. The molecule has 3 N–H and O–H groups in total. The summed E-state index contributed by atoms with van der Waals surface area (Å²) in [5.41, 5.74) is 5.66. The molecule has 0 radical (unpaired) electrons. The summed E-state index contributed by atoms with van der Waals surface area (Å²) in [6.45, 7) is 4.90. The summed E-state index contributed by atoms with van der Waals surface area (Å²) in [6.07, 6.45) is 0. The Morgan fingerprint density at radius 3 is 2.56 bits per heavy atom. The van der Waals surface area contributed by atoms with Crippen LogP contribution in [0.2, 0.25) is 0 Å². The van der Waals surface area contributed by atoms with Crippen LogP contribution in [0.1, 0.15) is 25.0 Å². The molecule has 0 aromatic heterocycles. The van der Waals surface area contributed by atoms with Crippen LogP contribution in [0.15, 0.2) is 10.5 Å². The molecule has 0 unspecified atom stereocenters. The van der Waals surface area contributed by atoms with Crippen molar-refractivity contribution in [2.75, 3.05) is 5.73 Å². The molecule has 0 saturated heterocycles. The van der Waals surface area contributed by atoms with Gasteiger partial charge in [-0.3, -0.25) is 0 Å². The first kappa shape index (κ1) is 13.0. The van der Waals surface area contributed by atoms with Crippen molar-refractivity contribution < 1.29 is 9.50 Å². The normalized spacial score (nSPS) is 10.9. The molecule has 86 valence electrons. The predicted octanol–water partition coefficient (Wildman–Crippen LogP) is 2.60. The summed E-state index contributed by atoms with van der Waals surface area (Å²) in [5.74, 6) is 4.80. The van der Waals surface area contributed by atoms with Gasteiger partial charge in [0.05, 0.1) is 11.3 Å². The summed E-state index contributed by atoms with van der Waals surface area (Å²) in [4.78, 5) is 0. The van der Waals surface area contributed by atoms with Crippen LogP contribution in [0.3, 0.4) is 0 Å². The molecular weight excluding hydrogens is 273 g/mol. The minimum Gasteiger partial charge on any atom is -0.395 e. The summed E-state index contributed by atoms with van der Waals surface area (Å²) in [6, 6.07) is 1.31. The second-order valence-electron chi connectivity index (χ2n) is 4.06. The first-order valence-electron chi connectivity index (χ1n) is 4.72. The van der Waals surface area contributed by atoms with E-state index in [1.807, 2.05) is 0 Å². The van der Waals surface area contributed by atoms with Gasteiger partial charge in [0.2, 0.25) is 0 Å². The highest BCUT2D eigenvalue weighted by atomic mass is 79.9. The van der Waals surface area contributed by atoms with Crippen molar-refractivity contribution in [1.29, 1.82) is 0 Å². The third-order valence-corrected chi connectivity index (χ3v) is 2.83. The lowest BCUT2D eigenvalue weighted by Gasteiger charge is -2.09. The van der Waals surface area contributed by atoms with Crippen LogP contribution < -0.4 is 5.73 Å². The quantitative estimate of drug-likeness (QED) is 0.569. The van der Waals surface area contributed by atoms with Gasteiger partial charge < -0.3 is 10.8 Å². The summed E-state index contributed by atoms with van der Waals surface area (Å²) < 4.78 is 14.0. The maximum Gasteiger partial charge on any atom is 0.148 e. The van der Waals surface area contributed by atoms with Crippen molar-refractivity contribution in [2.24, 2.45) is 0 Å². The summed E-state index contributed by atoms with van der Waals surface area (Å²) in [5, 5.41) is 9.48. The number of halogens is 2. The fraction of sp³-hybridized carbons (Fsp3) is 0.333. The van der Waals surface area contributed by atoms with E-state index in [1.165, 1.54) is 6.07 Å². The molecule has 0 aliphatic heterocycles. The Balaban J connectivity index is 3.38. The van der Waals surface area contributed by atoms with Gasteiger partial charge in [0.25, 0.3) is 0 Å². The topological polar surface area (TPSA) is 46.2 Å². The summed E-state index contributed by atoms with van der Waals surface area (Å²) in [7, 11) is 0. The number of anilines is 1. The van der Waals surface area contributed by atoms with E-state index in [9.17, 15) is 9.50 Å². The second kappa shape index (κ2) is 4.44. The Morgan fingerprint density at radius 1 is 1.50 bits per heavy atom. The van der Waals surface area contributed by atoms with Gasteiger partial charge in [-0.2, -0.15) is 0 Å². The lowest BCUT2D eigenvalue weighted by molar-refractivity contribution is 0.143. The Kier molecular flexibility index (Phi) is 3.61. The molecule has 1 aromatic rings. The van der Waals surface area contributed by atoms with Crippen LogP contribution in [0.4, 0.5) is 10.1 Å². The minimum absolute atomic E-state index is 0.0115. The zero-order valence-electron chi connectivity index (χ0n) is 9.36. The van der Waals surface area contributed by atoms with Crippen LogP contribution in [0, 0.1) is 24.6 Å². The number of nitrogen functional groups attached to an aromatic ring is 1. The van der Waals surface area contributed by atoms with Gasteiger partial charge in [-0.15, -0.1) is 0 Å². The first-order valence-corrected chi connectivity index (χ1v) is 5.51. The van der Waals surface area contributed by atoms with E-state index in [2.05, 4.69) is 27.8 Å². The lowest BCUT2D eigenvalue weighted by Crippen LogP contribution is -2.14. The largest absolute Gasteiger partial charge is 0.395 e. The zero-order valence-corrected chi connectivity index (χ0v) is 10.9. The monoisotopic (exact) mass is 285 g/mol. The molecule has 0 aliphatic carbocycles. The molecule has 0 aliphatic rings. The van der Waals surface area contributed by atoms with Gasteiger partial charge in [0.15, 0.2) is 0 Å². The van der Waals surface area contributed by atoms with Gasteiger partial charge in [-0.25, -0.2) is 4.39 Å². The van der Waals surface area contributed by atoms with Gasteiger partial charge in [-0.1, -0.05) is 27.8 Å². The van der Waals surface area contributed by atoms with Crippen molar-refractivity contribution in [3.8, 4) is 11.8 Å². The molecule has 1 rings (SSSR count). The predicted molar refractivity (Wildman–Crippen MR) is 66.4 cm³/mol. The lowest BCUT2D eigenvalue weighted by atomic mass is 10.0. The van der Waals surface area contributed by atoms with Gasteiger partial charge in [0, 0.05) is 4.47 Å². The van der Waals surface area contributed by atoms with E-state index < -0.39 is 11.4 Å². The highest BCUT2D eigenvalue weighted by molar-refractivity contribution is 9.10. The number of nitrogens with two attached hydrogens (primary N) is 1. The van der Waals surface area contributed by atoms with E-state index >= 15 is 0 Å². The molecule has 0 saturated carbocycles. The fourth-order valence-electron chi connectivity index (χ4n) is 1.11. The molecule has 4 heteroatoms. The van der Waals surface area contributed by atoms with Gasteiger partial charge in [-0.05, 0) is 32.4 Å². The molecule has 0 bridgehead atoms. The number of aliphatic hydroxyl groups is 1. The minimum atomic E-state index is -1.13. The second-order valence-corrected chi connectivity index (χ2v) is 4.92. The Labute approximate surface area is 103 Å². The van der Waals surface area contributed by atoms with Crippen LogP contribution in [-0.2, 0) is 0 Å². The average molecular weight is 286 g/mol. The molecule has 0 heterocycles. The Bertz CT molecular complexity index is 454. The highest BCUT2D eigenvalue weighted by Gasteiger charge is 2.12. The smallest absolute Gasteiger partial charge is 0.148 e. The molecule has 0 fully saturated rings. The molecule has 16 heavy (non-hydrogen) atoms. The van der Waals surface area contributed by atoms with Crippen molar-refractivity contribution in [3.05, 3.63) is 27.5 Å². The molecule has 1 aromatic carbocycles. The Morgan fingerprint density at radius 2 is 2.06 bits per heavy atom. The van der Waals surface area contributed by atoms with E-state index in [0.717, 1.165) is 5.56 Å². The zero-order chi connectivity index (χ0) is 12.5. The number of rotatable bonds is 0. The van der Waals surface area contributed by atoms with Crippen LogP contribution in [-0.4, -0.2) is 10.7 Å². The van der Waals surface area contributed by atoms with Crippen molar-refractivity contribution in [2.45, 2.75) is 26.4 Å². The molecule has 2 nitrogen and oxygen atoms in total. The standard InChI is InChI=1S/C12H13BrFNO/c1-7-8(4-5-12(2,3)16)11(15)10(14)6-9(7)13/h6,16H,15H2,1-3H3. The molecule has 0 spiro atoms. The number of hydrogen-bond donors (Lipinski definition) is 2. The highest BCUT2D eigenvalue weighted by Crippen LogP contribution is 2.27. The third kappa shape index (κ3) is 2.97. The van der Waals surface area contributed by atoms with Crippen LogP contribution in [0.25, 0.3) is 0 Å². The van der Waals surface area contributed by atoms with E-state index in [0.29, 0.717) is 10.0 Å². The molecule has 0 amide bonds. The average Bonchev–Trinajstić information content (AvgIpc) is 2.13. The Hall–Kier alpha value is -1.05. The van der Waals surface area contributed by atoms with Crippen molar-refractivity contribution in [3.63, 3.8) is 0 Å². The number of hydrogen-bond acceptors (Lipinski definition) is 2. The summed E-state index contributed by atoms with van der Waals surface area (Å²) >= 11 is 3.23. The maximum atomic E-state index is 13.4. The maximum absolute atomic E-state index is 13.4.